The van der Waals surface area contributed by atoms with E-state index < -0.39 is 0 Å². The van der Waals surface area contributed by atoms with E-state index in [-0.39, 0.29) is 6.10 Å². The van der Waals surface area contributed by atoms with E-state index in [4.69, 9.17) is 9.26 Å². The summed E-state index contributed by atoms with van der Waals surface area (Å²) in [6, 6.07) is 0. The summed E-state index contributed by atoms with van der Waals surface area (Å²) < 4.78 is 10.8. The predicted molar refractivity (Wildman–Crippen MR) is 66.1 cm³/mol. The first kappa shape index (κ1) is 12.1. The molecule has 1 saturated carbocycles. The monoisotopic (exact) mass is 251 g/mol. The average Bonchev–Trinajstić information content (AvgIpc) is 2.92. The highest BCUT2D eigenvalue weighted by atomic mass is 16.5. The van der Waals surface area contributed by atoms with Crippen molar-refractivity contribution in [1.29, 1.82) is 0 Å². The van der Waals surface area contributed by atoms with Gasteiger partial charge in [0, 0.05) is 13.5 Å². The Bertz CT molecular complexity index is 383. The molecule has 0 spiro atoms. The van der Waals surface area contributed by atoms with Crippen molar-refractivity contribution in [1.82, 2.24) is 15.5 Å². The van der Waals surface area contributed by atoms with Gasteiger partial charge in [0.1, 0.15) is 6.10 Å². The zero-order valence-corrected chi connectivity index (χ0v) is 10.9. The van der Waals surface area contributed by atoms with Gasteiger partial charge in [0.15, 0.2) is 0 Å². The lowest BCUT2D eigenvalue weighted by molar-refractivity contribution is 0.0751. The quantitative estimate of drug-likeness (QED) is 0.834. The molecule has 1 aliphatic heterocycles. The van der Waals surface area contributed by atoms with Crippen molar-refractivity contribution in [3.63, 3.8) is 0 Å². The van der Waals surface area contributed by atoms with Crippen LogP contribution in [0.4, 0.5) is 0 Å². The molecule has 100 valence electrons. The van der Waals surface area contributed by atoms with Crippen LogP contribution < -0.4 is 5.32 Å². The highest BCUT2D eigenvalue weighted by Crippen LogP contribution is 2.41. The van der Waals surface area contributed by atoms with Gasteiger partial charge in [-0.3, -0.25) is 0 Å². The van der Waals surface area contributed by atoms with Crippen molar-refractivity contribution >= 4 is 0 Å². The van der Waals surface area contributed by atoms with Crippen LogP contribution in [0.2, 0.25) is 0 Å². The number of nitrogens with zero attached hydrogens (tertiary/aromatic N) is 2. The molecule has 1 N–H and O–H groups in total. The molecule has 3 rings (SSSR count). The zero-order valence-electron chi connectivity index (χ0n) is 10.9. The van der Waals surface area contributed by atoms with E-state index in [1.165, 1.54) is 19.3 Å². The number of hydrogen-bond acceptors (Lipinski definition) is 5. The summed E-state index contributed by atoms with van der Waals surface area (Å²) >= 11 is 0. The Balaban J connectivity index is 1.55. The lowest BCUT2D eigenvalue weighted by Crippen LogP contribution is -2.09. The van der Waals surface area contributed by atoms with E-state index in [9.17, 15) is 0 Å². The smallest absolute Gasteiger partial charge is 0.226 e. The van der Waals surface area contributed by atoms with Crippen molar-refractivity contribution in [3.8, 4) is 0 Å². The van der Waals surface area contributed by atoms with Crippen LogP contribution in [0.1, 0.15) is 43.5 Å². The average molecular weight is 251 g/mol. The highest BCUT2D eigenvalue weighted by Gasteiger charge is 2.35. The molecule has 0 aromatic carbocycles. The molecule has 2 unspecified atom stereocenters. The molecule has 2 atom stereocenters. The molecule has 2 fully saturated rings. The molecule has 1 saturated heterocycles. The van der Waals surface area contributed by atoms with Gasteiger partial charge in [-0.2, -0.15) is 4.98 Å². The second-order valence-electron chi connectivity index (χ2n) is 5.44. The van der Waals surface area contributed by atoms with Crippen molar-refractivity contribution in [2.24, 2.45) is 11.8 Å². The summed E-state index contributed by atoms with van der Waals surface area (Å²) in [4.78, 5) is 4.48. The topological polar surface area (TPSA) is 60.2 Å². The van der Waals surface area contributed by atoms with E-state index >= 15 is 0 Å². The second-order valence-corrected chi connectivity index (χ2v) is 5.44. The summed E-state index contributed by atoms with van der Waals surface area (Å²) in [5.74, 6) is 2.86. The Morgan fingerprint density at radius 2 is 2.33 bits per heavy atom. The van der Waals surface area contributed by atoms with Crippen molar-refractivity contribution in [2.75, 3.05) is 20.2 Å². The number of aryl methyl sites for hydroxylation is 1. The van der Waals surface area contributed by atoms with Crippen LogP contribution in [-0.2, 0) is 11.2 Å². The zero-order chi connectivity index (χ0) is 12.4. The molecule has 0 radical (unpaired) electrons. The minimum Gasteiger partial charge on any atom is -0.373 e. The molecular weight excluding hydrogens is 230 g/mol. The fourth-order valence-electron chi connectivity index (χ4n) is 2.68. The number of hydrogen-bond donors (Lipinski definition) is 1. The number of methoxy groups -OCH3 is 1. The summed E-state index contributed by atoms with van der Waals surface area (Å²) in [6.07, 6.45) is 5.77. The molecule has 2 aliphatic rings. The van der Waals surface area contributed by atoms with Crippen molar-refractivity contribution in [2.45, 2.75) is 38.2 Å². The maximum atomic E-state index is 5.46. The first-order chi connectivity index (χ1) is 8.86. The third-order valence-electron chi connectivity index (χ3n) is 3.97. The van der Waals surface area contributed by atoms with Crippen LogP contribution in [0.3, 0.4) is 0 Å². The van der Waals surface area contributed by atoms with Gasteiger partial charge in [0.2, 0.25) is 11.7 Å². The van der Waals surface area contributed by atoms with Crippen LogP contribution >= 0.6 is 0 Å². The Labute approximate surface area is 107 Å². The summed E-state index contributed by atoms with van der Waals surface area (Å²) in [7, 11) is 1.73. The molecule has 0 amide bonds. The van der Waals surface area contributed by atoms with Gasteiger partial charge < -0.3 is 14.6 Å². The molecular formula is C13H21N3O2. The number of rotatable bonds is 6. The lowest BCUT2D eigenvalue weighted by Gasteiger charge is -2.08. The van der Waals surface area contributed by atoms with E-state index in [1.54, 1.807) is 7.11 Å². The van der Waals surface area contributed by atoms with Gasteiger partial charge in [-0.1, -0.05) is 5.16 Å². The third-order valence-corrected chi connectivity index (χ3v) is 3.97. The Morgan fingerprint density at radius 3 is 3.00 bits per heavy atom. The van der Waals surface area contributed by atoms with Crippen LogP contribution in [-0.4, -0.2) is 30.3 Å². The molecule has 1 aromatic heterocycles. The molecule has 1 aromatic rings. The van der Waals surface area contributed by atoms with Crippen LogP contribution in [0.5, 0.6) is 0 Å². The minimum atomic E-state index is 0.0376. The summed E-state index contributed by atoms with van der Waals surface area (Å²) in [5, 5.41) is 7.44. The normalized spacial score (nSPS) is 25.5. The SMILES string of the molecule is COC(c1noc(CCC2CCNC2)n1)C1CC1. The van der Waals surface area contributed by atoms with Crippen LogP contribution in [0.15, 0.2) is 4.52 Å². The maximum absolute atomic E-state index is 5.46. The molecule has 5 nitrogen and oxygen atoms in total. The van der Waals surface area contributed by atoms with Crippen molar-refractivity contribution in [3.05, 3.63) is 11.7 Å². The standard InChI is InChI=1S/C13H21N3O2/c1-17-12(10-3-4-10)13-15-11(18-16-13)5-2-9-6-7-14-8-9/h9-10,12,14H,2-8H2,1H3. The Morgan fingerprint density at radius 1 is 1.44 bits per heavy atom. The fourth-order valence-corrected chi connectivity index (χ4v) is 2.68. The first-order valence-electron chi connectivity index (χ1n) is 6.93. The Hall–Kier alpha value is -0.940. The summed E-state index contributed by atoms with van der Waals surface area (Å²) in [5.41, 5.74) is 0. The third kappa shape index (κ3) is 2.72. The predicted octanol–water partition coefficient (Wildman–Crippen LogP) is 1.71. The molecule has 5 heteroatoms. The van der Waals surface area contributed by atoms with Gasteiger partial charge in [0.25, 0.3) is 0 Å². The lowest BCUT2D eigenvalue weighted by atomic mass is 10.0. The first-order valence-corrected chi connectivity index (χ1v) is 6.93. The van der Waals surface area contributed by atoms with E-state index in [0.29, 0.717) is 5.92 Å². The number of nitrogens with one attached hydrogen (secondary N) is 1. The fraction of sp³-hybridized carbons (Fsp3) is 0.846. The van der Waals surface area contributed by atoms with Gasteiger partial charge in [-0.25, -0.2) is 0 Å². The van der Waals surface area contributed by atoms with Gasteiger partial charge in [0.05, 0.1) is 0 Å². The van der Waals surface area contributed by atoms with Gasteiger partial charge in [-0.05, 0) is 50.6 Å². The summed E-state index contributed by atoms with van der Waals surface area (Å²) in [6.45, 7) is 2.27. The highest BCUT2D eigenvalue weighted by molar-refractivity contribution is 4.98. The number of aromatic nitrogens is 2. The molecule has 2 heterocycles. The van der Waals surface area contributed by atoms with Crippen molar-refractivity contribution < 1.29 is 9.26 Å². The molecule has 1 aliphatic carbocycles. The second kappa shape index (κ2) is 5.36. The van der Waals surface area contributed by atoms with E-state index in [0.717, 1.165) is 43.6 Å². The Kier molecular flexibility index (Phi) is 3.61. The maximum Gasteiger partial charge on any atom is 0.226 e. The van der Waals surface area contributed by atoms with Crippen LogP contribution in [0, 0.1) is 11.8 Å². The van der Waals surface area contributed by atoms with E-state index in [1.807, 2.05) is 0 Å². The van der Waals surface area contributed by atoms with Gasteiger partial charge in [-0.15, -0.1) is 0 Å². The largest absolute Gasteiger partial charge is 0.373 e. The van der Waals surface area contributed by atoms with Crippen LogP contribution in [0.25, 0.3) is 0 Å². The minimum absolute atomic E-state index is 0.0376. The van der Waals surface area contributed by atoms with E-state index in [2.05, 4.69) is 15.5 Å². The molecule has 18 heavy (non-hydrogen) atoms. The van der Waals surface area contributed by atoms with Gasteiger partial charge >= 0.3 is 0 Å². The number of ether oxygens (including phenoxy) is 1. The molecule has 0 bridgehead atoms.